The number of carbonyl (C=O) groups is 2. The first kappa shape index (κ1) is 35.3. The molecule has 4 amide bonds. The van der Waals surface area contributed by atoms with Gasteiger partial charge in [-0.1, -0.05) is 78.6 Å². The SMILES string of the molecule is C[Si](C)(C)NC(=O)N[Si](C)(C)C.C[Si](C)(C)N[Si](C)(C)C.II.NC(N)=O. The fourth-order valence-electron chi connectivity index (χ4n) is 1.84. The van der Waals surface area contributed by atoms with Crippen LogP contribution in [0.2, 0.25) is 78.6 Å². The second kappa shape index (κ2) is 15.6. The van der Waals surface area contributed by atoms with Crippen LogP contribution < -0.4 is 26.1 Å². The molecule has 166 valence electrons. The summed E-state index contributed by atoms with van der Waals surface area (Å²) in [5, 5.41) is 0. The highest BCUT2D eigenvalue weighted by Gasteiger charge is 2.22. The summed E-state index contributed by atoms with van der Waals surface area (Å²) < 4.78 is 3.74. The van der Waals surface area contributed by atoms with Gasteiger partial charge in [-0.2, -0.15) is 0 Å². The summed E-state index contributed by atoms with van der Waals surface area (Å²) in [6.45, 7) is 26.8. The lowest BCUT2D eigenvalue weighted by Gasteiger charge is -2.28. The summed E-state index contributed by atoms with van der Waals surface area (Å²) in [4.78, 5) is 26.3. The van der Waals surface area contributed by atoms with Crippen LogP contribution in [0.1, 0.15) is 0 Å². The van der Waals surface area contributed by atoms with Crippen molar-refractivity contribution in [2.75, 3.05) is 0 Å². The molecule has 27 heavy (non-hydrogen) atoms. The number of hydrogen-bond donors (Lipinski definition) is 5. The molecule has 13 heteroatoms. The molecule has 0 aromatic heterocycles. The molecule has 7 N–H and O–H groups in total. The van der Waals surface area contributed by atoms with Gasteiger partial charge in [-0.25, -0.2) is 4.79 Å². The second-order valence-corrected chi connectivity index (χ2v) is 29.6. The Labute approximate surface area is 195 Å². The maximum absolute atomic E-state index is 11.3. The maximum Gasteiger partial charge on any atom is 0.309 e. The molecule has 0 bridgehead atoms. The van der Waals surface area contributed by atoms with Gasteiger partial charge in [0, 0.05) is 37.2 Å². The fraction of sp³-hybridized carbons (Fsp3) is 0.857. The van der Waals surface area contributed by atoms with Gasteiger partial charge in [-0.3, -0.25) is 4.79 Å². The van der Waals surface area contributed by atoms with Crippen LogP contribution in [-0.2, 0) is 0 Å². The third kappa shape index (κ3) is 58.4. The normalized spacial score (nSPS) is 11.3. The van der Waals surface area contributed by atoms with Crippen molar-refractivity contribution in [2.24, 2.45) is 11.5 Å². The van der Waals surface area contributed by atoms with E-state index in [9.17, 15) is 4.79 Å². The Hall–Kier alpha value is 0.828. The van der Waals surface area contributed by atoms with Crippen molar-refractivity contribution in [3.8, 4) is 0 Å². The fourth-order valence-corrected chi connectivity index (χ4v) is 12.4. The quantitative estimate of drug-likeness (QED) is 0.213. The molecule has 0 spiro atoms. The summed E-state index contributed by atoms with van der Waals surface area (Å²) in [5.41, 5.74) is 8.50. The Bertz CT molecular complexity index is 384. The lowest BCUT2D eigenvalue weighted by Crippen LogP contribution is -2.56. The van der Waals surface area contributed by atoms with Crippen LogP contribution >= 0.6 is 37.2 Å². The van der Waals surface area contributed by atoms with Gasteiger partial charge < -0.3 is 26.1 Å². The highest BCUT2D eigenvalue weighted by Crippen LogP contribution is 2.02. The first-order valence-electron chi connectivity index (χ1n) is 8.63. The van der Waals surface area contributed by atoms with Gasteiger partial charge in [0.2, 0.25) is 0 Å². The zero-order chi connectivity index (χ0) is 23.3. The zero-order valence-electron chi connectivity index (χ0n) is 19.2. The van der Waals surface area contributed by atoms with E-state index in [-0.39, 0.29) is 6.03 Å². The molecule has 0 fully saturated rings. The van der Waals surface area contributed by atoms with Crippen molar-refractivity contribution in [1.29, 1.82) is 0 Å². The number of urea groups is 2. The Morgan fingerprint density at radius 2 is 0.778 bits per heavy atom. The topological polar surface area (TPSA) is 122 Å². The molecule has 0 rings (SSSR count). The second-order valence-electron chi connectivity index (χ2n) is 10.1. The average molecular weight is 680 g/mol. The van der Waals surface area contributed by atoms with Crippen molar-refractivity contribution in [1.82, 2.24) is 14.6 Å². The van der Waals surface area contributed by atoms with Gasteiger partial charge in [0.15, 0.2) is 0 Å². The van der Waals surface area contributed by atoms with E-state index in [1.54, 1.807) is 0 Å². The van der Waals surface area contributed by atoms with Crippen molar-refractivity contribution in [2.45, 2.75) is 78.6 Å². The van der Waals surface area contributed by atoms with Gasteiger partial charge in [0.1, 0.15) is 32.9 Å². The lowest BCUT2D eigenvalue weighted by atomic mass is 11.2. The number of nitrogens with two attached hydrogens (primary N) is 2. The smallest absolute Gasteiger partial charge is 0.309 e. The highest BCUT2D eigenvalue weighted by molar-refractivity contribution is 15.0. The zero-order valence-corrected chi connectivity index (χ0v) is 27.5. The Morgan fingerprint density at radius 1 is 0.593 bits per heavy atom. The van der Waals surface area contributed by atoms with E-state index in [4.69, 9.17) is 4.79 Å². The van der Waals surface area contributed by atoms with E-state index < -0.39 is 39.0 Å². The van der Waals surface area contributed by atoms with Crippen LogP contribution in [-0.4, -0.2) is 45.0 Å². The first-order chi connectivity index (χ1) is 11.5. The molecular formula is C14H43I2N5O2Si4. The van der Waals surface area contributed by atoms with E-state index in [1.807, 2.05) is 0 Å². The van der Waals surface area contributed by atoms with E-state index in [1.165, 1.54) is 0 Å². The van der Waals surface area contributed by atoms with Crippen LogP contribution in [0, 0.1) is 0 Å². The van der Waals surface area contributed by atoms with E-state index in [2.05, 4.69) is 142 Å². The minimum absolute atomic E-state index is 0.00772. The molecule has 0 aromatic rings. The molecule has 0 saturated carbocycles. The first-order valence-corrected chi connectivity index (χ1v) is 28.9. The predicted octanol–water partition coefficient (Wildman–Crippen LogP) is 5.00. The number of amides is 4. The predicted molar refractivity (Wildman–Crippen MR) is 150 cm³/mol. The van der Waals surface area contributed by atoms with Crippen LogP contribution in [0.4, 0.5) is 9.59 Å². The van der Waals surface area contributed by atoms with Gasteiger partial charge >= 0.3 is 6.03 Å². The van der Waals surface area contributed by atoms with Crippen LogP contribution in [0.15, 0.2) is 0 Å². The third-order valence-electron chi connectivity index (χ3n) is 1.73. The van der Waals surface area contributed by atoms with E-state index in [0.717, 1.165) is 0 Å². The Kier molecular flexibility index (Phi) is 20.4. The molecule has 0 aliphatic carbocycles. The summed E-state index contributed by atoms with van der Waals surface area (Å²) >= 11 is 4.24. The van der Waals surface area contributed by atoms with Crippen LogP contribution in [0.25, 0.3) is 0 Å². The molecule has 0 aromatic carbocycles. The Balaban J connectivity index is -0.000000155. The average Bonchev–Trinajstić information content (AvgIpc) is 2.20. The molecule has 0 aliphatic rings. The monoisotopic (exact) mass is 679 g/mol. The molecule has 0 atom stereocenters. The summed E-state index contributed by atoms with van der Waals surface area (Å²) in [5.74, 6) is 0. The number of halogens is 2. The van der Waals surface area contributed by atoms with Crippen molar-refractivity contribution in [3.63, 3.8) is 0 Å². The number of nitrogens with one attached hydrogen (secondary N) is 3. The molecule has 0 aliphatic heterocycles. The molecule has 0 radical (unpaired) electrons. The molecule has 0 unspecified atom stereocenters. The van der Waals surface area contributed by atoms with Gasteiger partial charge in [-0.15, -0.1) is 0 Å². The third-order valence-corrected chi connectivity index (χ3v) is 9.68. The van der Waals surface area contributed by atoms with Crippen molar-refractivity contribution >= 4 is 82.2 Å². The van der Waals surface area contributed by atoms with E-state index >= 15 is 0 Å². The number of carbonyl (C=O) groups excluding carboxylic acids is 2. The van der Waals surface area contributed by atoms with Crippen molar-refractivity contribution < 1.29 is 9.59 Å². The molecule has 0 saturated heterocycles. The van der Waals surface area contributed by atoms with Crippen LogP contribution in [0.3, 0.4) is 0 Å². The maximum atomic E-state index is 11.3. The highest BCUT2D eigenvalue weighted by atomic mass is 128. The summed E-state index contributed by atoms with van der Waals surface area (Å²) in [6, 6.07) is -0.826. The minimum Gasteiger partial charge on any atom is -0.366 e. The summed E-state index contributed by atoms with van der Waals surface area (Å²) in [6.07, 6.45) is 0. The largest absolute Gasteiger partial charge is 0.366 e. The van der Waals surface area contributed by atoms with Gasteiger partial charge in [0.25, 0.3) is 6.03 Å². The van der Waals surface area contributed by atoms with Crippen LogP contribution in [0.5, 0.6) is 0 Å². The minimum atomic E-state index is -1.46. The summed E-state index contributed by atoms with van der Waals surface area (Å²) in [7, 11) is -4.88. The van der Waals surface area contributed by atoms with Crippen molar-refractivity contribution in [3.05, 3.63) is 0 Å². The number of rotatable bonds is 4. The van der Waals surface area contributed by atoms with E-state index in [0.29, 0.717) is 0 Å². The lowest BCUT2D eigenvalue weighted by molar-refractivity contribution is 0.249. The standard InChI is InChI=1S/C7H20N2OSi2.C6H19NSi2.CH4N2O.I2/c1-11(2,3)8-7(10)9-12(4,5)6;1-8(2,3)7-9(4,5)6;2-1(3)4;1-2/h1-6H3,(H2,8,9,10);7H,1-6H3;(H4,2,3,4);. The molecule has 7 nitrogen and oxygen atoms in total. The number of hydrogen-bond acceptors (Lipinski definition) is 3. The van der Waals surface area contributed by atoms with Gasteiger partial charge in [-0.05, 0) is 0 Å². The molecule has 0 heterocycles. The Morgan fingerprint density at radius 3 is 0.852 bits per heavy atom. The molecular weight excluding hydrogens is 636 g/mol. The van der Waals surface area contributed by atoms with Gasteiger partial charge in [0.05, 0.1) is 0 Å². The number of primary amides is 2.